The number of anilines is 2. The highest BCUT2D eigenvalue weighted by atomic mass is 35.5. The van der Waals surface area contributed by atoms with Gasteiger partial charge in [-0.3, -0.25) is 4.79 Å². The number of aryl methyl sites for hydroxylation is 1. The van der Waals surface area contributed by atoms with Crippen molar-refractivity contribution < 1.29 is 13.2 Å². The second-order valence-electron chi connectivity index (χ2n) is 7.30. The Kier molecular flexibility index (Phi) is 6.34. The van der Waals surface area contributed by atoms with Gasteiger partial charge in [0, 0.05) is 42.6 Å². The number of nitrogens with one attached hydrogen (secondary N) is 1. The molecule has 1 aliphatic rings. The lowest BCUT2D eigenvalue weighted by Crippen LogP contribution is -2.48. The molecule has 6 nitrogen and oxygen atoms in total. The molecule has 0 bridgehead atoms. The predicted octanol–water partition coefficient (Wildman–Crippen LogP) is 4.47. The number of rotatable bonds is 5. The highest BCUT2D eigenvalue weighted by Gasteiger charge is 2.32. The van der Waals surface area contributed by atoms with Gasteiger partial charge in [-0.1, -0.05) is 29.3 Å². The van der Waals surface area contributed by atoms with Gasteiger partial charge in [0.05, 0.1) is 0 Å². The molecule has 162 valence electrons. The van der Waals surface area contributed by atoms with E-state index in [1.54, 1.807) is 17.5 Å². The molecule has 9 heteroatoms. The molecular weight excluding hydrogens is 454 g/mol. The molecule has 2 heterocycles. The zero-order valence-electron chi connectivity index (χ0n) is 16.9. The van der Waals surface area contributed by atoms with Crippen molar-refractivity contribution in [1.29, 1.82) is 0 Å². The minimum atomic E-state index is -3.77. The normalized spacial score (nSPS) is 15.1. The third-order valence-corrected chi connectivity index (χ3v) is 8.43. The molecular formula is C22H22ClN3O3S2. The molecule has 1 N–H and O–H groups in total. The van der Waals surface area contributed by atoms with E-state index in [-0.39, 0.29) is 9.77 Å². The molecule has 1 amide bonds. The van der Waals surface area contributed by atoms with E-state index in [1.165, 1.54) is 10.4 Å². The highest BCUT2D eigenvalue weighted by molar-refractivity contribution is 7.89. The molecule has 0 spiro atoms. The predicted molar refractivity (Wildman–Crippen MR) is 126 cm³/mol. The van der Waals surface area contributed by atoms with E-state index >= 15 is 0 Å². The second-order valence-corrected chi connectivity index (χ2v) is 10.6. The van der Waals surface area contributed by atoms with Gasteiger partial charge in [-0.15, -0.1) is 11.3 Å². The molecule has 0 unspecified atom stereocenters. The van der Waals surface area contributed by atoms with Crippen LogP contribution < -0.4 is 10.2 Å². The summed E-state index contributed by atoms with van der Waals surface area (Å²) in [5, 5.41) is 5.09. The SMILES string of the molecule is Cc1ccc(NC(=O)c2sccc2S(=O)(=O)N2CCN(c3ccc(Cl)cc3)CC2)cc1. The van der Waals surface area contributed by atoms with E-state index in [0.717, 1.165) is 22.6 Å². The molecule has 0 aliphatic carbocycles. The van der Waals surface area contributed by atoms with Crippen molar-refractivity contribution >= 4 is 50.2 Å². The number of carbonyl (C=O) groups excluding carboxylic acids is 1. The van der Waals surface area contributed by atoms with Crippen LogP contribution in [0.5, 0.6) is 0 Å². The molecule has 0 radical (unpaired) electrons. The third kappa shape index (κ3) is 4.77. The van der Waals surface area contributed by atoms with Gasteiger partial charge in [-0.25, -0.2) is 8.42 Å². The van der Waals surface area contributed by atoms with Crippen molar-refractivity contribution in [2.24, 2.45) is 0 Å². The quantitative estimate of drug-likeness (QED) is 0.591. The first-order chi connectivity index (χ1) is 14.8. The summed E-state index contributed by atoms with van der Waals surface area (Å²) >= 11 is 7.08. The largest absolute Gasteiger partial charge is 0.369 e. The molecule has 0 atom stereocenters. The van der Waals surface area contributed by atoms with Gasteiger partial charge in [0.1, 0.15) is 9.77 Å². The van der Waals surface area contributed by atoms with Gasteiger partial charge in [-0.05, 0) is 54.8 Å². The summed E-state index contributed by atoms with van der Waals surface area (Å²) in [5.74, 6) is -0.419. The fourth-order valence-corrected chi connectivity index (χ4v) is 6.31. The summed E-state index contributed by atoms with van der Waals surface area (Å²) in [6, 6.07) is 16.4. The van der Waals surface area contributed by atoms with Crippen LogP contribution in [0.1, 0.15) is 15.2 Å². The fraction of sp³-hybridized carbons (Fsp3) is 0.227. The van der Waals surface area contributed by atoms with Gasteiger partial charge < -0.3 is 10.2 Å². The zero-order chi connectivity index (χ0) is 22.0. The minimum absolute atomic E-state index is 0.0575. The number of halogens is 1. The minimum Gasteiger partial charge on any atom is -0.369 e. The average molecular weight is 476 g/mol. The number of nitrogens with zero attached hydrogens (tertiary/aromatic N) is 2. The van der Waals surface area contributed by atoms with Gasteiger partial charge in [0.2, 0.25) is 10.0 Å². The fourth-order valence-electron chi connectivity index (χ4n) is 3.47. The van der Waals surface area contributed by atoms with Crippen molar-refractivity contribution in [3.05, 3.63) is 75.4 Å². The lowest BCUT2D eigenvalue weighted by atomic mass is 10.2. The maximum atomic E-state index is 13.3. The molecule has 2 aromatic carbocycles. The van der Waals surface area contributed by atoms with Crippen LogP contribution in [0.3, 0.4) is 0 Å². The summed E-state index contributed by atoms with van der Waals surface area (Å²) in [4.78, 5) is 15.2. The molecule has 3 aromatic rings. The number of thiophene rings is 1. The highest BCUT2D eigenvalue weighted by Crippen LogP contribution is 2.28. The van der Waals surface area contributed by atoms with Gasteiger partial charge in [0.25, 0.3) is 5.91 Å². The standard InChI is InChI=1S/C22H22ClN3O3S2/c1-16-2-6-18(7-3-16)24-22(27)21-20(10-15-30-21)31(28,29)26-13-11-25(12-14-26)19-8-4-17(23)5-9-19/h2-10,15H,11-14H2,1H3,(H,24,27). The second kappa shape index (κ2) is 9.00. The van der Waals surface area contributed by atoms with Crippen molar-refractivity contribution in [3.63, 3.8) is 0 Å². The van der Waals surface area contributed by atoms with Crippen LogP contribution in [0, 0.1) is 6.92 Å². The average Bonchev–Trinajstić information content (AvgIpc) is 3.27. The Morgan fingerprint density at radius 1 is 0.968 bits per heavy atom. The summed E-state index contributed by atoms with van der Waals surface area (Å²) in [5.41, 5.74) is 2.72. The summed E-state index contributed by atoms with van der Waals surface area (Å²) < 4.78 is 28.0. The van der Waals surface area contributed by atoms with E-state index in [2.05, 4.69) is 10.2 Å². The maximum absolute atomic E-state index is 13.3. The number of carbonyl (C=O) groups is 1. The Bertz CT molecular complexity index is 1170. The van der Waals surface area contributed by atoms with Crippen molar-refractivity contribution in [3.8, 4) is 0 Å². The van der Waals surface area contributed by atoms with Crippen LogP contribution in [-0.2, 0) is 10.0 Å². The molecule has 1 aliphatic heterocycles. The smallest absolute Gasteiger partial charge is 0.267 e. The molecule has 1 fully saturated rings. The first kappa shape index (κ1) is 21.8. The molecule has 4 rings (SSSR count). The number of amides is 1. The third-order valence-electron chi connectivity index (χ3n) is 5.19. The summed E-state index contributed by atoms with van der Waals surface area (Å²) in [7, 11) is -3.77. The number of hydrogen-bond donors (Lipinski definition) is 1. The number of piperazine rings is 1. The summed E-state index contributed by atoms with van der Waals surface area (Å²) in [6.07, 6.45) is 0. The lowest BCUT2D eigenvalue weighted by molar-refractivity contribution is 0.102. The first-order valence-corrected chi connectivity index (χ1v) is 12.5. The monoisotopic (exact) mass is 475 g/mol. The topological polar surface area (TPSA) is 69.7 Å². The van der Waals surface area contributed by atoms with Crippen molar-refractivity contribution in [2.45, 2.75) is 11.8 Å². The van der Waals surface area contributed by atoms with E-state index in [9.17, 15) is 13.2 Å². The Morgan fingerprint density at radius 3 is 2.26 bits per heavy atom. The van der Waals surface area contributed by atoms with Crippen LogP contribution in [0.15, 0.2) is 64.9 Å². The van der Waals surface area contributed by atoms with Crippen LogP contribution in [0.2, 0.25) is 5.02 Å². The van der Waals surface area contributed by atoms with Crippen LogP contribution in [0.25, 0.3) is 0 Å². The molecule has 31 heavy (non-hydrogen) atoms. The Morgan fingerprint density at radius 2 is 1.61 bits per heavy atom. The molecule has 0 saturated carbocycles. The van der Waals surface area contributed by atoms with Gasteiger partial charge in [-0.2, -0.15) is 4.31 Å². The molecule has 1 aromatic heterocycles. The van der Waals surface area contributed by atoms with Gasteiger partial charge in [0.15, 0.2) is 0 Å². The Labute approximate surface area is 191 Å². The lowest BCUT2D eigenvalue weighted by Gasteiger charge is -2.35. The molecule has 1 saturated heterocycles. The number of hydrogen-bond acceptors (Lipinski definition) is 5. The van der Waals surface area contributed by atoms with Crippen molar-refractivity contribution in [2.75, 3.05) is 36.4 Å². The van der Waals surface area contributed by atoms with Crippen molar-refractivity contribution in [1.82, 2.24) is 4.31 Å². The zero-order valence-corrected chi connectivity index (χ0v) is 19.3. The van der Waals surface area contributed by atoms with E-state index in [4.69, 9.17) is 11.6 Å². The van der Waals surface area contributed by atoms with Crippen LogP contribution >= 0.6 is 22.9 Å². The Hall–Kier alpha value is -2.39. The van der Waals surface area contributed by atoms with E-state index in [1.807, 2.05) is 43.3 Å². The summed E-state index contributed by atoms with van der Waals surface area (Å²) in [6.45, 7) is 3.79. The van der Waals surface area contributed by atoms with E-state index in [0.29, 0.717) is 36.9 Å². The Balaban J connectivity index is 1.47. The van der Waals surface area contributed by atoms with Gasteiger partial charge >= 0.3 is 0 Å². The number of benzene rings is 2. The first-order valence-electron chi connectivity index (χ1n) is 9.81. The van der Waals surface area contributed by atoms with E-state index < -0.39 is 15.9 Å². The number of sulfonamides is 1. The van der Waals surface area contributed by atoms with Crippen LogP contribution in [-0.4, -0.2) is 44.8 Å². The maximum Gasteiger partial charge on any atom is 0.267 e. The van der Waals surface area contributed by atoms with Crippen LogP contribution in [0.4, 0.5) is 11.4 Å².